The molecule has 0 amide bonds. The largest absolute Gasteiger partial charge is 0.389 e. The summed E-state index contributed by atoms with van der Waals surface area (Å²) in [5.41, 5.74) is 2.38. The van der Waals surface area contributed by atoms with E-state index in [1.54, 1.807) is 0 Å². The maximum atomic E-state index is 9.42. The molecule has 2 rings (SSSR count). The first-order valence-corrected chi connectivity index (χ1v) is 5.11. The molecule has 0 saturated heterocycles. The van der Waals surface area contributed by atoms with Gasteiger partial charge >= 0.3 is 0 Å². The minimum absolute atomic E-state index is 0.263. The van der Waals surface area contributed by atoms with Crippen LogP contribution >= 0.6 is 0 Å². The van der Waals surface area contributed by atoms with Gasteiger partial charge in [0.2, 0.25) is 0 Å². The second-order valence-electron chi connectivity index (χ2n) is 4.05. The normalized spacial score (nSPS) is 21.7. The van der Waals surface area contributed by atoms with Crippen molar-refractivity contribution < 1.29 is 5.11 Å². The van der Waals surface area contributed by atoms with Gasteiger partial charge in [-0.1, -0.05) is 6.08 Å². The Balaban J connectivity index is 2.32. The van der Waals surface area contributed by atoms with Crippen LogP contribution in [0.3, 0.4) is 0 Å². The monoisotopic (exact) mass is 192 g/mol. The number of aliphatic hydroxyl groups excluding tert-OH is 1. The van der Waals surface area contributed by atoms with Gasteiger partial charge in [-0.3, -0.25) is 4.68 Å². The lowest BCUT2D eigenvalue weighted by molar-refractivity contribution is 0.223. The van der Waals surface area contributed by atoms with E-state index in [0.29, 0.717) is 6.04 Å². The van der Waals surface area contributed by atoms with Gasteiger partial charge in [0.15, 0.2) is 0 Å². The van der Waals surface area contributed by atoms with Crippen LogP contribution in [0.25, 0.3) is 5.57 Å². The van der Waals surface area contributed by atoms with Crippen molar-refractivity contribution in [1.29, 1.82) is 0 Å². The van der Waals surface area contributed by atoms with Gasteiger partial charge in [-0.05, 0) is 38.3 Å². The van der Waals surface area contributed by atoms with Gasteiger partial charge in [0.1, 0.15) is 0 Å². The highest BCUT2D eigenvalue weighted by atomic mass is 16.3. The molecular weight excluding hydrogens is 176 g/mol. The van der Waals surface area contributed by atoms with Gasteiger partial charge in [0, 0.05) is 12.2 Å². The van der Waals surface area contributed by atoms with E-state index in [0.717, 1.165) is 18.5 Å². The summed E-state index contributed by atoms with van der Waals surface area (Å²) in [4.78, 5) is 0. The van der Waals surface area contributed by atoms with Gasteiger partial charge in [0.25, 0.3) is 0 Å². The molecule has 1 heterocycles. The predicted octanol–water partition coefficient (Wildman–Crippen LogP) is 2.00. The maximum absolute atomic E-state index is 9.42. The van der Waals surface area contributed by atoms with Crippen molar-refractivity contribution >= 4 is 5.57 Å². The van der Waals surface area contributed by atoms with E-state index in [9.17, 15) is 5.11 Å². The summed E-state index contributed by atoms with van der Waals surface area (Å²) in [6, 6.07) is 2.39. The molecular formula is C11H16N2O. The Kier molecular flexibility index (Phi) is 2.42. The Labute approximate surface area is 84.1 Å². The van der Waals surface area contributed by atoms with Crippen molar-refractivity contribution in [2.45, 2.75) is 38.8 Å². The van der Waals surface area contributed by atoms with Crippen LogP contribution in [0.1, 0.15) is 38.4 Å². The highest BCUT2D eigenvalue weighted by Crippen LogP contribution is 2.28. The molecule has 0 spiro atoms. The Hall–Kier alpha value is -1.09. The molecule has 0 fully saturated rings. The van der Waals surface area contributed by atoms with Crippen LogP contribution in [0.5, 0.6) is 0 Å². The standard InChI is InChI=1S/C11H16N2O/c1-8(2)13-11(5-6-12-13)9-3-4-10(14)7-9/h5-8,10,14H,3-4H2,1-2H3. The Morgan fingerprint density at radius 2 is 2.36 bits per heavy atom. The first kappa shape index (κ1) is 9.46. The number of aromatic nitrogens is 2. The van der Waals surface area contributed by atoms with Gasteiger partial charge in [0.05, 0.1) is 11.8 Å². The minimum Gasteiger partial charge on any atom is -0.389 e. The van der Waals surface area contributed by atoms with E-state index in [1.807, 2.05) is 23.0 Å². The van der Waals surface area contributed by atoms with Crippen molar-refractivity contribution in [3.05, 3.63) is 24.0 Å². The van der Waals surface area contributed by atoms with Gasteiger partial charge in [-0.15, -0.1) is 0 Å². The smallest absolute Gasteiger partial charge is 0.0730 e. The highest BCUT2D eigenvalue weighted by molar-refractivity contribution is 5.65. The van der Waals surface area contributed by atoms with Crippen LogP contribution in [0, 0.1) is 0 Å². The summed E-state index contributed by atoms with van der Waals surface area (Å²) in [6.07, 6.45) is 5.30. The third kappa shape index (κ3) is 1.60. The molecule has 0 aliphatic heterocycles. The fourth-order valence-corrected chi connectivity index (χ4v) is 1.90. The van der Waals surface area contributed by atoms with E-state index in [2.05, 4.69) is 18.9 Å². The zero-order valence-corrected chi connectivity index (χ0v) is 8.64. The van der Waals surface area contributed by atoms with Crippen molar-refractivity contribution in [3.8, 4) is 0 Å². The zero-order chi connectivity index (χ0) is 10.1. The van der Waals surface area contributed by atoms with Crippen molar-refractivity contribution in [1.82, 2.24) is 9.78 Å². The van der Waals surface area contributed by atoms with Crippen LogP contribution in [0.4, 0.5) is 0 Å². The van der Waals surface area contributed by atoms with Crippen molar-refractivity contribution in [2.75, 3.05) is 0 Å². The maximum Gasteiger partial charge on any atom is 0.0730 e. The fourth-order valence-electron chi connectivity index (χ4n) is 1.90. The predicted molar refractivity (Wildman–Crippen MR) is 55.8 cm³/mol. The lowest BCUT2D eigenvalue weighted by Gasteiger charge is -2.11. The molecule has 1 N–H and O–H groups in total. The SMILES string of the molecule is CC(C)n1nccc1C1=CC(O)CC1. The molecule has 1 atom stereocenters. The molecule has 0 radical (unpaired) electrons. The van der Waals surface area contributed by atoms with E-state index < -0.39 is 0 Å². The Morgan fingerprint density at radius 3 is 2.93 bits per heavy atom. The first-order chi connectivity index (χ1) is 6.68. The zero-order valence-electron chi connectivity index (χ0n) is 8.64. The number of hydrogen-bond donors (Lipinski definition) is 1. The average Bonchev–Trinajstić information content (AvgIpc) is 2.70. The van der Waals surface area contributed by atoms with E-state index in [-0.39, 0.29) is 6.10 Å². The Morgan fingerprint density at radius 1 is 1.57 bits per heavy atom. The molecule has 1 unspecified atom stereocenters. The van der Waals surface area contributed by atoms with Crippen LogP contribution in [0.2, 0.25) is 0 Å². The molecule has 1 aromatic rings. The molecule has 14 heavy (non-hydrogen) atoms. The minimum atomic E-state index is -0.263. The van der Waals surface area contributed by atoms with E-state index >= 15 is 0 Å². The molecule has 0 saturated carbocycles. The molecule has 1 aliphatic rings. The van der Waals surface area contributed by atoms with E-state index in [1.165, 1.54) is 5.57 Å². The first-order valence-electron chi connectivity index (χ1n) is 5.11. The summed E-state index contributed by atoms with van der Waals surface area (Å²) in [5.74, 6) is 0. The summed E-state index contributed by atoms with van der Waals surface area (Å²) in [7, 11) is 0. The quantitative estimate of drug-likeness (QED) is 0.778. The van der Waals surface area contributed by atoms with Crippen LogP contribution < -0.4 is 0 Å². The molecule has 3 nitrogen and oxygen atoms in total. The number of nitrogens with zero attached hydrogens (tertiary/aromatic N) is 2. The second-order valence-corrected chi connectivity index (χ2v) is 4.05. The van der Waals surface area contributed by atoms with Crippen molar-refractivity contribution in [3.63, 3.8) is 0 Å². The van der Waals surface area contributed by atoms with E-state index in [4.69, 9.17) is 0 Å². The number of allylic oxidation sites excluding steroid dienone is 1. The lowest BCUT2D eigenvalue weighted by Crippen LogP contribution is -2.06. The van der Waals surface area contributed by atoms with Crippen LogP contribution in [0.15, 0.2) is 18.3 Å². The topological polar surface area (TPSA) is 38.0 Å². The van der Waals surface area contributed by atoms with Crippen molar-refractivity contribution in [2.24, 2.45) is 0 Å². The summed E-state index contributed by atoms with van der Waals surface area (Å²) in [6.45, 7) is 4.23. The number of aliphatic hydroxyl groups is 1. The lowest BCUT2D eigenvalue weighted by atomic mass is 10.1. The fraction of sp³-hybridized carbons (Fsp3) is 0.545. The molecule has 3 heteroatoms. The molecule has 1 aliphatic carbocycles. The van der Waals surface area contributed by atoms with Gasteiger partial charge < -0.3 is 5.11 Å². The summed E-state index contributed by atoms with van der Waals surface area (Å²) >= 11 is 0. The molecule has 76 valence electrons. The highest BCUT2D eigenvalue weighted by Gasteiger charge is 2.17. The molecule has 0 aromatic carbocycles. The van der Waals surface area contributed by atoms with Crippen LogP contribution in [-0.2, 0) is 0 Å². The summed E-state index contributed by atoms with van der Waals surface area (Å²) < 4.78 is 2.00. The number of hydrogen-bond acceptors (Lipinski definition) is 2. The number of rotatable bonds is 2. The van der Waals surface area contributed by atoms with Gasteiger partial charge in [-0.2, -0.15) is 5.10 Å². The summed E-state index contributed by atoms with van der Waals surface area (Å²) in [5, 5.41) is 13.7. The average molecular weight is 192 g/mol. The molecule has 0 bridgehead atoms. The van der Waals surface area contributed by atoms with Gasteiger partial charge in [-0.25, -0.2) is 0 Å². The molecule has 1 aromatic heterocycles. The van der Waals surface area contributed by atoms with Crippen LogP contribution in [-0.4, -0.2) is 21.0 Å². The third-order valence-corrected chi connectivity index (χ3v) is 2.59. The Bertz CT molecular complexity index is 352. The third-order valence-electron chi connectivity index (χ3n) is 2.59. The second kappa shape index (κ2) is 3.58.